The molecule has 6 nitrogen and oxygen atoms in total. The minimum Gasteiger partial charge on any atom is -0.388 e. The van der Waals surface area contributed by atoms with Crippen LogP contribution < -0.4 is 10.6 Å². The summed E-state index contributed by atoms with van der Waals surface area (Å²) in [5.41, 5.74) is 0.950. The highest BCUT2D eigenvalue weighted by molar-refractivity contribution is 5.73. The Morgan fingerprint density at radius 1 is 1.30 bits per heavy atom. The second-order valence-corrected chi connectivity index (χ2v) is 6.18. The highest BCUT2D eigenvalue weighted by Gasteiger charge is 2.25. The van der Waals surface area contributed by atoms with E-state index in [2.05, 4.69) is 15.7 Å². The number of hydrogen-bond acceptors (Lipinski definition) is 3. The van der Waals surface area contributed by atoms with Crippen molar-refractivity contribution in [2.24, 2.45) is 5.92 Å². The molecule has 1 unspecified atom stereocenters. The molecule has 23 heavy (non-hydrogen) atoms. The number of benzene rings is 1. The normalized spacial score (nSPS) is 13.6. The molecule has 0 fully saturated rings. The van der Waals surface area contributed by atoms with Crippen LogP contribution in [0.2, 0.25) is 0 Å². The van der Waals surface area contributed by atoms with E-state index in [0.717, 1.165) is 11.3 Å². The Morgan fingerprint density at radius 3 is 2.65 bits per heavy atom. The molecule has 1 heterocycles. The molecule has 0 bridgehead atoms. The fourth-order valence-corrected chi connectivity index (χ4v) is 1.88. The summed E-state index contributed by atoms with van der Waals surface area (Å²) in [6, 6.07) is 9.46. The van der Waals surface area contributed by atoms with Gasteiger partial charge in [0.1, 0.15) is 0 Å². The van der Waals surface area contributed by atoms with Gasteiger partial charge in [0.25, 0.3) is 0 Å². The lowest BCUT2D eigenvalue weighted by Crippen LogP contribution is -2.47. The third kappa shape index (κ3) is 4.82. The molecule has 6 heteroatoms. The monoisotopic (exact) mass is 316 g/mol. The van der Waals surface area contributed by atoms with Gasteiger partial charge in [-0.1, -0.05) is 32.0 Å². The highest BCUT2D eigenvalue weighted by Crippen LogP contribution is 2.14. The van der Waals surface area contributed by atoms with Gasteiger partial charge in [0.2, 0.25) is 0 Å². The maximum absolute atomic E-state index is 11.8. The van der Waals surface area contributed by atoms with Crippen molar-refractivity contribution < 1.29 is 9.90 Å². The molecule has 2 amide bonds. The first-order valence-corrected chi connectivity index (χ1v) is 7.71. The van der Waals surface area contributed by atoms with E-state index < -0.39 is 5.60 Å². The Bertz CT molecular complexity index is 635. The summed E-state index contributed by atoms with van der Waals surface area (Å²) in [5.74, 6) is 0.0619. The molecule has 0 spiro atoms. The van der Waals surface area contributed by atoms with E-state index in [4.69, 9.17) is 0 Å². The van der Waals surface area contributed by atoms with Crippen LogP contribution in [0.15, 0.2) is 42.7 Å². The zero-order valence-electron chi connectivity index (χ0n) is 13.8. The van der Waals surface area contributed by atoms with E-state index in [1.807, 2.05) is 50.4 Å². The van der Waals surface area contributed by atoms with Crippen molar-refractivity contribution in [3.63, 3.8) is 0 Å². The molecule has 1 aromatic heterocycles. The van der Waals surface area contributed by atoms with Crippen LogP contribution in [0.25, 0.3) is 5.69 Å². The number of aromatic nitrogens is 2. The smallest absolute Gasteiger partial charge is 0.315 e. The molecule has 0 aliphatic carbocycles. The Morgan fingerprint density at radius 2 is 2.00 bits per heavy atom. The summed E-state index contributed by atoms with van der Waals surface area (Å²) < 4.78 is 1.76. The van der Waals surface area contributed by atoms with Crippen LogP contribution >= 0.6 is 0 Å². The van der Waals surface area contributed by atoms with Gasteiger partial charge < -0.3 is 15.7 Å². The molecule has 0 aliphatic rings. The Hall–Kier alpha value is -2.34. The van der Waals surface area contributed by atoms with Crippen LogP contribution in [-0.4, -0.2) is 33.1 Å². The van der Waals surface area contributed by atoms with Crippen LogP contribution in [0, 0.1) is 5.92 Å². The first-order chi connectivity index (χ1) is 10.9. The number of nitrogens with one attached hydrogen (secondary N) is 2. The minimum absolute atomic E-state index is 0.0619. The molecular formula is C17H24N4O2. The van der Waals surface area contributed by atoms with E-state index in [-0.39, 0.29) is 18.5 Å². The average Bonchev–Trinajstić information content (AvgIpc) is 3.01. The number of carbonyl (C=O) groups is 1. The quantitative estimate of drug-likeness (QED) is 0.763. The molecule has 0 aliphatic heterocycles. The van der Waals surface area contributed by atoms with Crippen LogP contribution in [0.4, 0.5) is 4.79 Å². The van der Waals surface area contributed by atoms with Gasteiger partial charge in [-0.05, 0) is 25.0 Å². The number of amides is 2. The third-order valence-electron chi connectivity index (χ3n) is 3.96. The summed E-state index contributed by atoms with van der Waals surface area (Å²) in [7, 11) is 0. The summed E-state index contributed by atoms with van der Waals surface area (Å²) in [6.45, 7) is 6.12. The number of carbonyl (C=O) groups excluding carboxylic acids is 1. The second kappa shape index (κ2) is 7.28. The maximum atomic E-state index is 11.8. The van der Waals surface area contributed by atoms with Crippen LogP contribution in [0.3, 0.4) is 0 Å². The molecule has 3 N–H and O–H groups in total. The highest BCUT2D eigenvalue weighted by atomic mass is 16.3. The number of para-hydroxylation sites is 1. The lowest BCUT2D eigenvalue weighted by Gasteiger charge is -2.27. The number of rotatable bonds is 6. The molecule has 1 aromatic carbocycles. The lowest BCUT2D eigenvalue weighted by molar-refractivity contribution is 0.0166. The van der Waals surface area contributed by atoms with Crippen molar-refractivity contribution in [2.45, 2.75) is 32.9 Å². The summed E-state index contributed by atoms with van der Waals surface area (Å²) in [5, 5.41) is 19.8. The number of aliphatic hydroxyl groups is 1. The van der Waals surface area contributed by atoms with Gasteiger partial charge >= 0.3 is 6.03 Å². The second-order valence-electron chi connectivity index (χ2n) is 6.18. The van der Waals surface area contributed by atoms with Gasteiger partial charge in [-0.3, -0.25) is 0 Å². The largest absolute Gasteiger partial charge is 0.388 e. The van der Waals surface area contributed by atoms with Gasteiger partial charge in [-0.25, -0.2) is 9.48 Å². The molecule has 124 valence electrons. The van der Waals surface area contributed by atoms with Crippen molar-refractivity contribution in [3.05, 3.63) is 48.3 Å². The van der Waals surface area contributed by atoms with Crippen LogP contribution in [0.5, 0.6) is 0 Å². The Labute approximate surface area is 136 Å². The molecule has 0 radical (unpaired) electrons. The molecule has 0 saturated carbocycles. The first-order valence-electron chi connectivity index (χ1n) is 7.71. The number of urea groups is 1. The fraction of sp³-hybridized carbons (Fsp3) is 0.412. The molecule has 1 atom stereocenters. The first kappa shape index (κ1) is 17.0. The molecule has 2 rings (SSSR count). The fourth-order valence-electron chi connectivity index (χ4n) is 1.88. The number of hydrogen-bond donors (Lipinski definition) is 3. The number of nitrogens with zero attached hydrogens (tertiary/aromatic N) is 2. The van der Waals surface area contributed by atoms with Crippen molar-refractivity contribution in [1.29, 1.82) is 0 Å². The summed E-state index contributed by atoms with van der Waals surface area (Å²) in [4.78, 5) is 11.8. The van der Waals surface area contributed by atoms with Gasteiger partial charge in [0.05, 0.1) is 17.5 Å². The van der Waals surface area contributed by atoms with Crippen molar-refractivity contribution in [2.75, 3.05) is 6.54 Å². The van der Waals surface area contributed by atoms with Crippen molar-refractivity contribution in [3.8, 4) is 5.69 Å². The average molecular weight is 316 g/mol. The summed E-state index contributed by atoms with van der Waals surface area (Å²) in [6.07, 6.45) is 3.59. The molecule has 2 aromatic rings. The third-order valence-corrected chi connectivity index (χ3v) is 3.96. The van der Waals surface area contributed by atoms with Crippen molar-refractivity contribution in [1.82, 2.24) is 20.4 Å². The minimum atomic E-state index is -0.921. The maximum Gasteiger partial charge on any atom is 0.315 e. The summed E-state index contributed by atoms with van der Waals surface area (Å²) >= 11 is 0. The van der Waals surface area contributed by atoms with E-state index in [1.54, 1.807) is 17.8 Å². The Kier molecular flexibility index (Phi) is 5.39. The zero-order chi connectivity index (χ0) is 16.9. The predicted molar refractivity (Wildman–Crippen MR) is 89.3 cm³/mol. The predicted octanol–water partition coefficient (Wildman–Crippen LogP) is 2.08. The van der Waals surface area contributed by atoms with Gasteiger partial charge in [-0.2, -0.15) is 5.10 Å². The van der Waals surface area contributed by atoms with E-state index >= 15 is 0 Å². The Balaban J connectivity index is 1.82. The van der Waals surface area contributed by atoms with E-state index in [0.29, 0.717) is 6.54 Å². The lowest BCUT2D eigenvalue weighted by atomic mass is 9.93. The van der Waals surface area contributed by atoms with Gasteiger partial charge in [-0.15, -0.1) is 0 Å². The van der Waals surface area contributed by atoms with Gasteiger partial charge in [0.15, 0.2) is 0 Å². The van der Waals surface area contributed by atoms with Crippen molar-refractivity contribution >= 4 is 6.03 Å². The van der Waals surface area contributed by atoms with Crippen LogP contribution in [0.1, 0.15) is 26.3 Å². The SMILES string of the molecule is CC(C)C(C)(O)CNC(=O)NCc1cnn(-c2ccccc2)c1. The molecule has 0 saturated heterocycles. The topological polar surface area (TPSA) is 79.2 Å². The van der Waals surface area contributed by atoms with E-state index in [9.17, 15) is 9.90 Å². The molecular weight excluding hydrogens is 292 g/mol. The van der Waals surface area contributed by atoms with Gasteiger partial charge in [0, 0.05) is 24.8 Å². The standard InChI is InChI=1S/C17H24N4O2/c1-13(2)17(3,23)12-19-16(22)18-9-14-10-20-21(11-14)15-7-5-4-6-8-15/h4-8,10-11,13,23H,9,12H2,1-3H3,(H2,18,19,22). The van der Waals surface area contributed by atoms with Crippen LogP contribution in [-0.2, 0) is 6.54 Å². The van der Waals surface area contributed by atoms with E-state index in [1.165, 1.54) is 0 Å². The zero-order valence-corrected chi connectivity index (χ0v) is 13.8.